The fourth-order valence-corrected chi connectivity index (χ4v) is 5.58. The van der Waals surface area contributed by atoms with E-state index in [1.807, 2.05) is 14.0 Å². The van der Waals surface area contributed by atoms with E-state index in [2.05, 4.69) is 24.1 Å². The molecule has 200 valence electrons. The quantitative estimate of drug-likeness (QED) is 0.355. The van der Waals surface area contributed by atoms with Crippen molar-refractivity contribution in [1.82, 2.24) is 10.2 Å². The normalized spacial score (nSPS) is 14.9. The molecule has 0 heterocycles. The van der Waals surface area contributed by atoms with Gasteiger partial charge in [-0.1, -0.05) is 57.0 Å². The van der Waals surface area contributed by atoms with Crippen molar-refractivity contribution in [3.63, 3.8) is 0 Å². The summed E-state index contributed by atoms with van der Waals surface area (Å²) in [5.74, 6) is -0.343. The number of carbonyl (C=O) groups is 1. The van der Waals surface area contributed by atoms with Crippen LogP contribution in [0.2, 0.25) is 5.02 Å². The van der Waals surface area contributed by atoms with E-state index in [4.69, 9.17) is 11.6 Å². The van der Waals surface area contributed by atoms with E-state index >= 15 is 0 Å². The molecule has 0 saturated heterocycles. The molecule has 2 aromatic carbocycles. The van der Waals surface area contributed by atoms with E-state index in [1.165, 1.54) is 18.2 Å². The summed E-state index contributed by atoms with van der Waals surface area (Å²) in [6.45, 7) is 8.60. The highest BCUT2D eigenvalue weighted by Gasteiger charge is 2.35. The lowest BCUT2D eigenvalue weighted by Gasteiger charge is -2.34. The number of hydrogen-bond donors (Lipinski definition) is 1. The van der Waals surface area contributed by atoms with Gasteiger partial charge in [-0.05, 0) is 56.1 Å². The number of sulfone groups is 1. The second-order valence-corrected chi connectivity index (χ2v) is 11.7. The maximum absolute atomic E-state index is 13.3. The number of hydrogen-bond acceptors (Lipinski definition) is 4. The molecular weight excluding hydrogens is 513 g/mol. The molecule has 2 rings (SSSR count). The molecule has 5 nitrogen and oxygen atoms in total. The predicted molar refractivity (Wildman–Crippen MR) is 137 cm³/mol. The van der Waals surface area contributed by atoms with Crippen LogP contribution in [-0.2, 0) is 16.0 Å². The van der Waals surface area contributed by atoms with Crippen molar-refractivity contribution in [2.24, 2.45) is 5.92 Å². The second kappa shape index (κ2) is 12.4. The molecule has 0 bridgehead atoms. The number of likely N-dealkylation sites (N-methyl/N-ethyl adjacent to an activating group) is 1. The number of nitrogens with one attached hydrogen (secondary N) is 1. The number of benzene rings is 2. The largest absolute Gasteiger partial charge is 0.417 e. The fraction of sp³-hybridized carbons (Fsp3) is 0.500. The molecule has 0 aromatic heterocycles. The predicted octanol–water partition coefficient (Wildman–Crippen LogP) is 6.38. The van der Waals surface area contributed by atoms with Crippen molar-refractivity contribution >= 4 is 27.3 Å². The van der Waals surface area contributed by atoms with Crippen molar-refractivity contribution in [3.8, 4) is 0 Å². The van der Waals surface area contributed by atoms with Gasteiger partial charge >= 0.3 is 6.18 Å². The third-order valence-corrected chi connectivity index (χ3v) is 8.72. The van der Waals surface area contributed by atoms with Crippen LogP contribution < -0.4 is 5.32 Å². The molecule has 0 radical (unpaired) electrons. The van der Waals surface area contributed by atoms with Gasteiger partial charge in [-0.2, -0.15) is 13.2 Å². The molecule has 10 heteroatoms. The van der Waals surface area contributed by atoms with Crippen molar-refractivity contribution < 1.29 is 26.4 Å². The van der Waals surface area contributed by atoms with Gasteiger partial charge in [-0.25, -0.2) is 8.42 Å². The van der Waals surface area contributed by atoms with Crippen LogP contribution in [0.1, 0.15) is 68.1 Å². The van der Waals surface area contributed by atoms with Crippen molar-refractivity contribution in [2.75, 3.05) is 19.3 Å². The number of alkyl halides is 3. The first kappa shape index (κ1) is 30.1. The molecule has 0 saturated carbocycles. The average Bonchev–Trinajstić information content (AvgIpc) is 2.81. The minimum atomic E-state index is -4.70. The third-order valence-electron chi connectivity index (χ3n) is 6.38. The van der Waals surface area contributed by atoms with Gasteiger partial charge in [0, 0.05) is 12.6 Å². The smallest absolute Gasteiger partial charge is 0.344 e. The third kappa shape index (κ3) is 7.46. The molecule has 3 atom stereocenters. The Morgan fingerprint density at radius 2 is 1.69 bits per heavy atom. The van der Waals surface area contributed by atoms with Crippen LogP contribution in [0.25, 0.3) is 0 Å². The maximum atomic E-state index is 13.3. The summed E-state index contributed by atoms with van der Waals surface area (Å²) < 4.78 is 64.9. The summed E-state index contributed by atoms with van der Waals surface area (Å²) in [7, 11) is -1.51. The molecule has 0 fully saturated rings. The van der Waals surface area contributed by atoms with E-state index < -0.39 is 38.5 Å². The SMILES string of the molecule is CCCS(=O)(=O)c1ccc(C(NC(=O)c2cccc(C(F)(F)F)c2Cl)C(C)N(C)CC(C)CC)cc1. The summed E-state index contributed by atoms with van der Waals surface area (Å²) in [5.41, 5.74) is -0.735. The molecule has 1 amide bonds. The van der Waals surface area contributed by atoms with Gasteiger partial charge in [-0.15, -0.1) is 0 Å². The highest BCUT2D eigenvalue weighted by molar-refractivity contribution is 7.91. The zero-order chi connectivity index (χ0) is 27.3. The van der Waals surface area contributed by atoms with Gasteiger partial charge in [0.1, 0.15) is 0 Å². The molecule has 0 aliphatic rings. The van der Waals surface area contributed by atoms with Gasteiger partial charge in [0.15, 0.2) is 9.84 Å². The molecule has 0 aliphatic heterocycles. The zero-order valence-corrected chi connectivity index (χ0v) is 22.8. The van der Waals surface area contributed by atoms with Crippen molar-refractivity contribution in [1.29, 1.82) is 0 Å². The van der Waals surface area contributed by atoms with Crippen LogP contribution in [0, 0.1) is 5.92 Å². The Morgan fingerprint density at radius 1 is 1.08 bits per heavy atom. The molecule has 0 aliphatic carbocycles. The number of carbonyl (C=O) groups excluding carboxylic acids is 1. The van der Waals surface area contributed by atoms with Crippen LogP contribution in [0.5, 0.6) is 0 Å². The lowest BCUT2D eigenvalue weighted by atomic mass is 9.97. The topological polar surface area (TPSA) is 66.5 Å². The van der Waals surface area contributed by atoms with Crippen LogP contribution in [-0.4, -0.2) is 44.6 Å². The summed E-state index contributed by atoms with van der Waals surface area (Å²) in [5, 5.41) is 2.18. The van der Waals surface area contributed by atoms with E-state index in [9.17, 15) is 26.4 Å². The Kier molecular flexibility index (Phi) is 10.4. The molecule has 0 spiro atoms. The summed E-state index contributed by atoms with van der Waals surface area (Å²) in [6, 6.07) is 8.59. The van der Waals surface area contributed by atoms with Gasteiger partial charge in [-0.3, -0.25) is 4.79 Å². The Bertz CT molecular complexity index is 1140. The monoisotopic (exact) mass is 546 g/mol. The first-order valence-electron chi connectivity index (χ1n) is 11.9. The lowest BCUT2D eigenvalue weighted by molar-refractivity contribution is -0.137. The standard InChI is InChI=1S/C26H34ClF3N2O3S/c1-6-15-36(34,35)20-13-11-19(12-14-20)24(18(4)32(5)16-17(3)7-2)31-25(33)21-9-8-10-22(23(21)27)26(28,29)30/h8-14,17-18,24H,6-7,15-16H2,1-5H3,(H,31,33). The fourth-order valence-electron chi connectivity index (χ4n) is 3.94. The highest BCUT2D eigenvalue weighted by Crippen LogP contribution is 2.36. The lowest BCUT2D eigenvalue weighted by Crippen LogP contribution is -2.44. The molecular formula is C26H34ClF3N2O3S. The number of halogens is 4. The van der Waals surface area contributed by atoms with E-state index in [-0.39, 0.29) is 22.3 Å². The Labute approximate surface area is 216 Å². The number of rotatable bonds is 11. The van der Waals surface area contributed by atoms with Gasteiger partial charge < -0.3 is 10.2 Å². The van der Waals surface area contributed by atoms with Crippen LogP contribution in [0.4, 0.5) is 13.2 Å². The van der Waals surface area contributed by atoms with Crippen LogP contribution >= 0.6 is 11.6 Å². The Morgan fingerprint density at radius 3 is 2.22 bits per heavy atom. The molecule has 2 aromatic rings. The molecule has 1 N–H and O–H groups in total. The average molecular weight is 547 g/mol. The summed E-state index contributed by atoms with van der Waals surface area (Å²) in [4.78, 5) is 15.4. The highest BCUT2D eigenvalue weighted by atomic mass is 35.5. The first-order valence-corrected chi connectivity index (χ1v) is 13.9. The Balaban J connectivity index is 2.46. The second-order valence-electron chi connectivity index (χ2n) is 9.20. The molecule has 3 unspecified atom stereocenters. The van der Waals surface area contributed by atoms with E-state index in [0.717, 1.165) is 25.1 Å². The molecule has 36 heavy (non-hydrogen) atoms. The zero-order valence-electron chi connectivity index (χ0n) is 21.2. The minimum Gasteiger partial charge on any atom is -0.344 e. The van der Waals surface area contributed by atoms with Gasteiger partial charge in [0.2, 0.25) is 0 Å². The Hall–Kier alpha value is -2.10. The van der Waals surface area contributed by atoms with Gasteiger partial charge in [0.05, 0.1) is 32.8 Å². The maximum Gasteiger partial charge on any atom is 0.417 e. The van der Waals surface area contributed by atoms with Crippen molar-refractivity contribution in [3.05, 3.63) is 64.2 Å². The van der Waals surface area contributed by atoms with Crippen molar-refractivity contribution in [2.45, 2.75) is 63.7 Å². The number of nitrogens with zero attached hydrogens (tertiary/aromatic N) is 1. The van der Waals surface area contributed by atoms with Crippen LogP contribution in [0.3, 0.4) is 0 Å². The van der Waals surface area contributed by atoms with E-state index in [0.29, 0.717) is 17.9 Å². The summed E-state index contributed by atoms with van der Waals surface area (Å²) in [6.07, 6.45) is -3.26. The van der Waals surface area contributed by atoms with Crippen LogP contribution in [0.15, 0.2) is 47.4 Å². The number of amides is 1. The minimum absolute atomic E-state index is 0.0224. The first-order chi connectivity index (χ1) is 16.7. The van der Waals surface area contributed by atoms with Gasteiger partial charge in [0.25, 0.3) is 5.91 Å². The summed E-state index contributed by atoms with van der Waals surface area (Å²) >= 11 is 5.99. The van der Waals surface area contributed by atoms with E-state index in [1.54, 1.807) is 19.1 Å².